The average molecular weight is 647 g/mol. The Balaban J connectivity index is 0.00000121. The summed E-state index contributed by atoms with van der Waals surface area (Å²) in [5.74, 6) is -2.86. The molecular weight excluding hydrogens is 590 g/mol. The van der Waals surface area contributed by atoms with E-state index in [1.165, 1.54) is 7.05 Å². The number of amidine groups is 1. The molecule has 1 aliphatic carbocycles. The molecule has 0 radical (unpaired) electrons. The van der Waals surface area contributed by atoms with Gasteiger partial charge >= 0.3 is 0 Å². The van der Waals surface area contributed by atoms with Crippen LogP contribution in [0.5, 0.6) is 0 Å². The summed E-state index contributed by atoms with van der Waals surface area (Å²) < 4.78 is 34.3. The quantitative estimate of drug-likeness (QED) is 0.171. The monoisotopic (exact) mass is 646 g/mol. The summed E-state index contributed by atoms with van der Waals surface area (Å²) in [7, 11) is 5.21. The van der Waals surface area contributed by atoms with E-state index in [0.717, 1.165) is 44.5 Å². The van der Waals surface area contributed by atoms with Gasteiger partial charge in [0.25, 0.3) is 5.92 Å². The maximum atomic E-state index is 14.4. The second kappa shape index (κ2) is 20.1. The van der Waals surface area contributed by atoms with E-state index in [1.54, 1.807) is 19.4 Å². The van der Waals surface area contributed by atoms with E-state index in [4.69, 9.17) is 15.5 Å². The van der Waals surface area contributed by atoms with Crippen LogP contribution in [0.3, 0.4) is 0 Å². The minimum atomic E-state index is -3.32. The van der Waals surface area contributed by atoms with Crippen LogP contribution in [0, 0.1) is 0 Å². The fraction of sp³-hybridized carbons (Fsp3) is 0.559. The Kier molecular flexibility index (Phi) is 17.8. The highest BCUT2D eigenvalue weighted by atomic mass is 19.3. The van der Waals surface area contributed by atoms with Gasteiger partial charge in [-0.05, 0) is 70.4 Å². The van der Waals surface area contributed by atoms with E-state index >= 15 is 0 Å². The molecule has 3 aliphatic rings. The minimum Gasteiger partial charge on any atom is -0.377 e. The summed E-state index contributed by atoms with van der Waals surface area (Å²) in [6.45, 7) is 18.1. The van der Waals surface area contributed by atoms with Crippen molar-refractivity contribution in [2.75, 3.05) is 64.1 Å². The molecule has 258 valence electrons. The summed E-state index contributed by atoms with van der Waals surface area (Å²) in [6, 6.07) is 8.10. The molecule has 0 amide bonds. The molecule has 4 rings (SSSR count). The van der Waals surface area contributed by atoms with Crippen LogP contribution in [0.15, 0.2) is 75.3 Å². The summed E-state index contributed by atoms with van der Waals surface area (Å²) in [5.41, 5.74) is 10.4. The third-order valence-electron chi connectivity index (χ3n) is 7.77. The van der Waals surface area contributed by atoms with E-state index in [0.29, 0.717) is 36.4 Å². The highest BCUT2D eigenvalue weighted by Gasteiger charge is 2.57. The fourth-order valence-corrected chi connectivity index (χ4v) is 5.03. The van der Waals surface area contributed by atoms with Crippen LogP contribution in [-0.4, -0.2) is 106 Å². The van der Waals surface area contributed by atoms with Crippen LogP contribution in [0.25, 0.3) is 0 Å². The predicted molar refractivity (Wildman–Crippen MR) is 191 cm³/mol. The van der Waals surface area contributed by atoms with Gasteiger partial charge in [-0.25, -0.2) is 13.8 Å². The lowest BCUT2D eigenvalue weighted by atomic mass is 9.91. The van der Waals surface area contributed by atoms with Crippen molar-refractivity contribution in [2.45, 2.75) is 70.8 Å². The number of fused-ring (bicyclic) bond motifs is 1. The normalized spacial score (nSPS) is 22.3. The smallest absolute Gasteiger partial charge is 0.279 e. The standard InChI is InChI=1S/C28H38F2N6O2.C3H7N.C2H6.CH5N/c1-19(38-5)23(18-31-3)26(32-21-7-9-22(10-8-21)36-16-14-35(4)15-17-36)34-24-11-6-20-12-13-28(37,25(20)33-24)27(2,29)30;1-2-3-4;2*1-2/h6-10,18-19,24,37H,3,11-17H2,1-2,4-5H3,(H,32,34);2H,1,3-4H2;1-2H3;2H2,1H3/b23-18-;;;. The Morgan fingerprint density at radius 3 is 2.33 bits per heavy atom. The van der Waals surface area contributed by atoms with Gasteiger partial charge in [-0.3, -0.25) is 9.98 Å². The zero-order valence-corrected chi connectivity index (χ0v) is 28.8. The zero-order chi connectivity index (χ0) is 34.9. The second-order valence-corrected chi connectivity index (χ2v) is 10.8. The lowest BCUT2D eigenvalue weighted by molar-refractivity contribution is -0.127. The number of rotatable bonds is 9. The Hall–Kier alpha value is -3.29. The number of nitrogens with zero attached hydrogens (tertiary/aromatic N) is 5. The van der Waals surface area contributed by atoms with Gasteiger partial charge in [0.15, 0.2) is 5.60 Å². The van der Waals surface area contributed by atoms with Crippen molar-refractivity contribution < 1.29 is 18.6 Å². The molecule has 1 saturated heterocycles. The van der Waals surface area contributed by atoms with Crippen molar-refractivity contribution in [3.63, 3.8) is 0 Å². The maximum Gasteiger partial charge on any atom is 0.279 e. The molecule has 0 spiro atoms. The van der Waals surface area contributed by atoms with E-state index < -0.39 is 17.7 Å². The van der Waals surface area contributed by atoms with Crippen molar-refractivity contribution >= 4 is 29.6 Å². The number of alkyl halides is 2. The third-order valence-corrected chi connectivity index (χ3v) is 7.77. The Bertz CT molecular complexity index is 1200. The first-order valence-electron chi connectivity index (χ1n) is 15.8. The Morgan fingerprint density at radius 2 is 1.83 bits per heavy atom. The minimum absolute atomic E-state index is 0.0352. The van der Waals surface area contributed by atoms with Gasteiger partial charge < -0.3 is 36.4 Å². The topological polar surface area (TPSA) is 137 Å². The van der Waals surface area contributed by atoms with E-state index in [1.807, 2.05) is 39.0 Å². The number of hydrogen-bond donors (Lipinski definition) is 4. The maximum absolute atomic E-state index is 14.4. The van der Waals surface area contributed by atoms with Gasteiger partial charge in [0.2, 0.25) is 0 Å². The molecule has 2 aliphatic heterocycles. The van der Waals surface area contributed by atoms with E-state index in [9.17, 15) is 13.9 Å². The average Bonchev–Trinajstić information content (AvgIpc) is 3.42. The second-order valence-electron chi connectivity index (χ2n) is 10.8. The molecule has 12 heteroatoms. The largest absolute Gasteiger partial charge is 0.377 e. The number of likely N-dealkylation sites (N-methyl/N-ethyl adjacent to an activating group) is 1. The number of aliphatic imine (C=N–C) groups is 3. The first kappa shape index (κ1) is 40.7. The van der Waals surface area contributed by atoms with Gasteiger partial charge in [-0.1, -0.05) is 26.0 Å². The lowest BCUT2D eigenvalue weighted by Gasteiger charge is -2.34. The first-order valence-corrected chi connectivity index (χ1v) is 15.8. The zero-order valence-electron chi connectivity index (χ0n) is 28.8. The number of halogens is 2. The molecule has 10 nitrogen and oxygen atoms in total. The SMILES string of the molecule is C=CCN.C=N/C=C(\C(=N\C1CC=C2CCC(O)(C(C)(F)F)C2=N1)Nc1ccc(N2CCN(C)CC2)cc1)C(C)OC.CC.CN. The Morgan fingerprint density at radius 1 is 1.24 bits per heavy atom. The summed E-state index contributed by atoms with van der Waals surface area (Å²) in [6.07, 6.45) is 4.76. The molecule has 1 aromatic rings. The molecule has 3 unspecified atom stereocenters. The molecule has 2 heterocycles. The van der Waals surface area contributed by atoms with Crippen LogP contribution in [-0.2, 0) is 4.74 Å². The highest BCUT2D eigenvalue weighted by Crippen LogP contribution is 2.44. The van der Waals surface area contributed by atoms with Gasteiger partial charge in [0.05, 0.1) is 11.8 Å². The van der Waals surface area contributed by atoms with Crippen LogP contribution in [0.1, 0.15) is 47.0 Å². The summed E-state index contributed by atoms with van der Waals surface area (Å²) >= 11 is 0. The summed E-state index contributed by atoms with van der Waals surface area (Å²) in [4.78, 5) is 17.9. The van der Waals surface area contributed by atoms with Crippen molar-refractivity contribution in [1.82, 2.24) is 4.90 Å². The number of ether oxygens (including phenoxy) is 1. The van der Waals surface area contributed by atoms with E-state index in [2.05, 4.69) is 63.3 Å². The van der Waals surface area contributed by atoms with Gasteiger partial charge in [0.1, 0.15) is 12.0 Å². The molecule has 0 bridgehead atoms. The lowest BCUT2D eigenvalue weighted by Crippen LogP contribution is -2.50. The van der Waals surface area contributed by atoms with Crippen molar-refractivity contribution in [3.8, 4) is 0 Å². The van der Waals surface area contributed by atoms with Crippen molar-refractivity contribution in [1.29, 1.82) is 0 Å². The number of piperazine rings is 1. The Labute approximate surface area is 274 Å². The molecule has 1 aromatic carbocycles. The fourth-order valence-electron chi connectivity index (χ4n) is 5.03. The number of hydrogen-bond acceptors (Lipinski definition) is 9. The predicted octanol–water partition coefficient (Wildman–Crippen LogP) is 4.88. The number of aliphatic hydroxyl groups is 1. The number of anilines is 2. The molecule has 1 saturated carbocycles. The number of dihydropyridines is 1. The molecule has 2 fully saturated rings. The number of nitrogens with two attached hydrogens (primary N) is 2. The molecular formula is C34H56F2N8O2. The number of methoxy groups -OCH3 is 1. The first-order chi connectivity index (χ1) is 22.0. The van der Waals surface area contributed by atoms with Gasteiger partial charge in [0, 0.05) is 76.3 Å². The third kappa shape index (κ3) is 10.9. The van der Waals surface area contributed by atoms with Crippen LogP contribution in [0.2, 0.25) is 0 Å². The van der Waals surface area contributed by atoms with Gasteiger partial charge in [-0.2, -0.15) is 0 Å². The van der Waals surface area contributed by atoms with Crippen LogP contribution in [0.4, 0.5) is 20.2 Å². The molecule has 6 N–H and O–H groups in total. The number of nitrogens with one attached hydrogen (secondary N) is 1. The highest BCUT2D eigenvalue weighted by molar-refractivity contribution is 6.11. The number of benzene rings is 1. The molecule has 3 atom stereocenters. The summed E-state index contributed by atoms with van der Waals surface area (Å²) in [5, 5.41) is 14.2. The van der Waals surface area contributed by atoms with Crippen molar-refractivity contribution in [2.24, 2.45) is 26.4 Å². The van der Waals surface area contributed by atoms with Crippen LogP contribution < -0.4 is 21.7 Å². The van der Waals surface area contributed by atoms with Crippen molar-refractivity contribution in [3.05, 3.63) is 60.3 Å². The van der Waals surface area contributed by atoms with Crippen LogP contribution >= 0.6 is 0 Å². The van der Waals surface area contributed by atoms with Gasteiger partial charge in [-0.15, -0.1) is 6.58 Å². The molecule has 46 heavy (non-hydrogen) atoms. The van der Waals surface area contributed by atoms with E-state index in [-0.39, 0.29) is 18.2 Å². The molecule has 0 aromatic heterocycles.